The summed E-state index contributed by atoms with van der Waals surface area (Å²) >= 11 is 6.88. The Bertz CT molecular complexity index is 1010. The van der Waals surface area contributed by atoms with Gasteiger partial charge in [-0.05, 0) is 48.5 Å². The number of benzene rings is 1. The molecule has 0 bridgehead atoms. The predicted octanol–water partition coefficient (Wildman–Crippen LogP) is 4.22. The summed E-state index contributed by atoms with van der Waals surface area (Å²) in [4.78, 5) is 17.3. The highest BCUT2D eigenvalue weighted by Crippen LogP contribution is 2.40. The lowest BCUT2D eigenvalue weighted by Crippen LogP contribution is -2.41. The third-order valence-electron chi connectivity index (χ3n) is 5.39. The Balaban J connectivity index is 1.43. The van der Waals surface area contributed by atoms with Crippen molar-refractivity contribution in [3.8, 4) is 5.88 Å². The van der Waals surface area contributed by atoms with Crippen LogP contribution in [0, 0.1) is 0 Å². The highest BCUT2D eigenvalue weighted by atomic mass is 32.2. The van der Waals surface area contributed by atoms with Crippen LogP contribution in [-0.2, 0) is 5.41 Å². The largest absolute Gasteiger partial charge is 0.481 e. The fraction of sp³-hybridized carbons (Fsp3) is 0.318. The van der Waals surface area contributed by atoms with Crippen molar-refractivity contribution in [1.29, 1.82) is 0 Å². The molecule has 1 saturated carbocycles. The molecular formula is C22H24N6OS2. The Labute approximate surface area is 191 Å². The van der Waals surface area contributed by atoms with Gasteiger partial charge in [-0.25, -0.2) is 15.0 Å². The van der Waals surface area contributed by atoms with Crippen LogP contribution in [-0.4, -0.2) is 38.7 Å². The fourth-order valence-corrected chi connectivity index (χ4v) is 4.72. The van der Waals surface area contributed by atoms with Crippen LogP contribution >= 0.6 is 24.0 Å². The fourth-order valence-electron chi connectivity index (χ4n) is 3.85. The minimum atomic E-state index is 0.105. The summed E-state index contributed by atoms with van der Waals surface area (Å²) in [5.41, 5.74) is 1.47. The van der Waals surface area contributed by atoms with Gasteiger partial charge in [0.2, 0.25) is 11.8 Å². The van der Waals surface area contributed by atoms with Gasteiger partial charge in [0.05, 0.1) is 7.11 Å². The van der Waals surface area contributed by atoms with E-state index in [4.69, 9.17) is 17.0 Å². The molecule has 4 rings (SSSR count). The lowest BCUT2D eigenvalue weighted by atomic mass is 9.79. The van der Waals surface area contributed by atoms with Crippen molar-refractivity contribution in [1.82, 2.24) is 25.3 Å². The molecule has 0 atom stereocenters. The molecule has 0 spiro atoms. The Morgan fingerprint density at radius 2 is 1.84 bits per heavy atom. The van der Waals surface area contributed by atoms with E-state index in [0.717, 1.165) is 19.4 Å². The number of ether oxygens (including phenoxy) is 1. The van der Waals surface area contributed by atoms with E-state index >= 15 is 0 Å². The highest BCUT2D eigenvalue weighted by Gasteiger charge is 2.35. The number of thiocarbonyl (C=S) groups is 1. The molecule has 1 aromatic carbocycles. The zero-order valence-corrected chi connectivity index (χ0v) is 18.9. The SMILES string of the molecule is COc1cc(Sc2ncccn2)nc(NC(=S)NCC2(c3ccccc3)CCCC2)n1. The zero-order chi connectivity index (χ0) is 21.5. The van der Waals surface area contributed by atoms with Crippen LogP contribution in [0.15, 0.2) is 65.0 Å². The summed E-state index contributed by atoms with van der Waals surface area (Å²) in [7, 11) is 1.57. The summed E-state index contributed by atoms with van der Waals surface area (Å²) in [6, 6.07) is 14.2. The number of rotatable bonds is 7. The van der Waals surface area contributed by atoms with E-state index in [1.807, 2.05) is 0 Å². The number of nitrogens with zero attached hydrogens (tertiary/aromatic N) is 4. The predicted molar refractivity (Wildman–Crippen MR) is 126 cm³/mol. The third-order valence-corrected chi connectivity index (χ3v) is 6.44. The number of hydrogen-bond donors (Lipinski definition) is 2. The van der Waals surface area contributed by atoms with Gasteiger partial charge in [-0.3, -0.25) is 0 Å². The molecule has 0 aliphatic heterocycles. The van der Waals surface area contributed by atoms with Crippen molar-refractivity contribution in [2.75, 3.05) is 19.0 Å². The van der Waals surface area contributed by atoms with Crippen LogP contribution in [0.3, 0.4) is 0 Å². The van der Waals surface area contributed by atoms with Crippen molar-refractivity contribution in [3.05, 3.63) is 60.4 Å². The highest BCUT2D eigenvalue weighted by molar-refractivity contribution is 7.99. The average Bonchev–Trinajstić information content (AvgIpc) is 3.29. The van der Waals surface area contributed by atoms with Crippen LogP contribution in [0.4, 0.5) is 5.95 Å². The number of aromatic nitrogens is 4. The lowest BCUT2D eigenvalue weighted by molar-refractivity contribution is 0.396. The van der Waals surface area contributed by atoms with Crippen LogP contribution in [0.25, 0.3) is 0 Å². The Morgan fingerprint density at radius 1 is 1.10 bits per heavy atom. The van der Waals surface area contributed by atoms with Gasteiger partial charge < -0.3 is 15.4 Å². The molecule has 1 aliphatic carbocycles. The van der Waals surface area contributed by atoms with E-state index in [2.05, 4.69) is 60.9 Å². The second-order valence-corrected chi connectivity index (χ2v) is 8.76. The van der Waals surface area contributed by atoms with Crippen LogP contribution in [0.5, 0.6) is 5.88 Å². The summed E-state index contributed by atoms with van der Waals surface area (Å²) in [6.07, 6.45) is 8.16. The minimum Gasteiger partial charge on any atom is -0.481 e. The molecule has 1 fully saturated rings. The topological polar surface area (TPSA) is 84.9 Å². The van der Waals surface area contributed by atoms with E-state index in [0.29, 0.717) is 27.1 Å². The van der Waals surface area contributed by atoms with E-state index < -0.39 is 0 Å². The molecule has 2 aromatic heterocycles. The maximum absolute atomic E-state index is 5.55. The first-order valence-corrected chi connectivity index (χ1v) is 11.4. The molecule has 0 amide bonds. The van der Waals surface area contributed by atoms with Crippen molar-refractivity contribution < 1.29 is 4.74 Å². The number of hydrogen-bond acceptors (Lipinski definition) is 7. The van der Waals surface area contributed by atoms with E-state index in [1.165, 1.54) is 30.2 Å². The quantitative estimate of drug-likeness (QED) is 0.311. The molecule has 3 aromatic rings. The van der Waals surface area contributed by atoms with Crippen LogP contribution < -0.4 is 15.4 Å². The standard InChI is InChI=1S/C22H24N6OS2/c1-29-17-14-18(31-21-23-12-7-13-24-21)27-19(26-17)28-20(30)25-15-22(10-5-6-11-22)16-8-3-2-4-9-16/h2-4,7-9,12-14H,5-6,10-11,15H2,1H3,(H2,25,26,27,28,30). The van der Waals surface area contributed by atoms with Gasteiger partial charge in [-0.2, -0.15) is 4.98 Å². The third kappa shape index (κ3) is 5.48. The molecule has 0 saturated heterocycles. The molecule has 0 unspecified atom stereocenters. The van der Waals surface area contributed by atoms with Gasteiger partial charge in [0.25, 0.3) is 0 Å². The molecule has 9 heteroatoms. The first-order chi connectivity index (χ1) is 15.2. The average molecular weight is 453 g/mol. The molecule has 7 nitrogen and oxygen atoms in total. The van der Waals surface area contributed by atoms with E-state index in [9.17, 15) is 0 Å². The summed E-state index contributed by atoms with van der Waals surface area (Å²) in [6.45, 7) is 0.770. The maximum atomic E-state index is 5.55. The van der Waals surface area contributed by atoms with Gasteiger partial charge in [-0.15, -0.1) is 0 Å². The van der Waals surface area contributed by atoms with Crippen molar-refractivity contribution >= 4 is 35.0 Å². The molecule has 31 heavy (non-hydrogen) atoms. The molecule has 2 N–H and O–H groups in total. The maximum Gasteiger partial charge on any atom is 0.233 e. The Hall–Kier alpha value is -2.78. The van der Waals surface area contributed by atoms with E-state index in [1.54, 1.807) is 31.6 Å². The molecule has 0 radical (unpaired) electrons. The van der Waals surface area contributed by atoms with Gasteiger partial charge >= 0.3 is 0 Å². The molecule has 160 valence electrons. The summed E-state index contributed by atoms with van der Waals surface area (Å²) in [5.74, 6) is 0.811. The van der Waals surface area contributed by atoms with Gasteiger partial charge in [0.15, 0.2) is 10.3 Å². The first-order valence-electron chi connectivity index (χ1n) is 10.2. The van der Waals surface area contributed by atoms with Crippen LogP contribution in [0.1, 0.15) is 31.2 Å². The summed E-state index contributed by atoms with van der Waals surface area (Å²) in [5, 5.41) is 8.24. The van der Waals surface area contributed by atoms with Gasteiger partial charge in [-0.1, -0.05) is 43.2 Å². The smallest absolute Gasteiger partial charge is 0.233 e. The van der Waals surface area contributed by atoms with Crippen molar-refractivity contribution in [2.24, 2.45) is 0 Å². The normalized spacial score (nSPS) is 14.7. The van der Waals surface area contributed by atoms with Gasteiger partial charge in [0.1, 0.15) is 5.03 Å². The zero-order valence-electron chi connectivity index (χ0n) is 17.2. The lowest BCUT2D eigenvalue weighted by Gasteiger charge is -2.30. The van der Waals surface area contributed by atoms with Crippen LogP contribution in [0.2, 0.25) is 0 Å². The number of anilines is 1. The van der Waals surface area contributed by atoms with Gasteiger partial charge in [0, 0.05) is 30.4 Å². The van der Waals surface area contributed by atoms with Crippen molar-refractivity contribution in [3.63, 3.8) is 0 Å². The second kappa shape index (κ2) is 10.0. The Kier molecular flexibility index (Phi) is 6.93. The van der Waals surface area contributed by atoms with Crippen molar-refractivity contribution in [2.45, 2.75) is 41.3 Å². The summed E-state index contributed by atoms with van der Waals surface area (Å²) < 4.78 is 5.32. The minimum absolute atomic E-state index is 0.105. The monoisotopic (exact) mass is 452 g/mol. The molecular weight excluding hydrogens is 428 g/mol. The molecule has 1 aliphatic rings. The number of nitrogens with one attached hydrogen (secondary N) is 2. The Morgan fingerprint density at radius 3 is 2.55 bits per heavy atom. The second-order valence-electron chi connectivity index (χ2n) is 7.37. The van der Waals surface area contributed by atoms with E-state index in [-0.39, 0.29) is 5.41 Å². The molecule has 2 heterocycles. The first kappa shape index (κ1) is 21.5. The number of methoxy groups -OCH3 is 1.